The highest BCUT2D eigenvalue weighted by atomic mass is 15.2. The first-order valence-corrected chi connectivity index (χ1v) is 7.64. The van der Waals surface area contributed by atoms with E-state index in [1.807, 2.05) is 0 Å². The van der Waals surface area contributed by atoms with Crippen molar-refractivity contribution in [2.75, 3.05) is 6.54 Å². The molecule has 0 radical (unpaired) electrons. The molecule has 2 heteroatoms. The first-order chi connectivity index (χ1) is 8.13. The van der Waals surface area contributed by atoms with Crippen LogP contribution in [0.3, 0.4) is 0 Å². The Labute approximate surface area is 107 Å². The summed E-state index contributed by atoms with van der Waals surface area (Å²) >= 11 is 0. The van der Waals surface area contributed by atoms with Gasteiger partial charge in [-0.1, -0.05) is 20.3 Å². The molecule has 1 saturated heterocycles. The van der Waals surface area contributed by atoms with Crippen LogP contribution in [-0.4, -0.2) is 29.6 Å². The van der Waals surface area contributed by atoms with Crippen LogP contribution in [0.15, 0.2) is 0 Å². The molecular weight excluding hydrogens is 208 g/mol. The summed E-state index contributed by atoms with van der Waals surface area (Å²) in [6, 6.07) is 1.96. The Morgan fingerprint density at radius 1 is 1.06 bits per heavy atom. The predicted molar refractivity (Wildman–Crippen MR) is 74.0 cm³/mol. The van der Waals surface area contributed by atoms with E-state index in [4.69, 9.17) is 5.73 Å². The first kappa shape index (κ1) is 13.4. The summed E-state index contributed by atoms with van der Waals surface area (Å²) in [6.45, 7) is 8.29. The van der Waals surface area contributed by atoms with Crippen LogP contribution in [0.4, 0.5) is 0 Å². The molecule has 2 nitrogen and oxygen atoms in total. The van der Waals surface area contributed by atoms with E-state index in [-0.39, 0.29) is 0 Å². The maximum Gasteiger partial charge on any atom is 0.0110 e. The fraction of sp³-hybridized carbons (Fsp3) is 1.00. The molecule has 1 saturated carbocycles. The van der Waals surface area contributed by atoms with Crippen LogP contribution in [0.2, 0.25) is 0 Å². The SMILES string of the molecule is CCC1CCC(N2CCC(N)C(C)C2C)CC1. The summed E-state index contributed by atoms with van der Waals surface area (Å²) in [5.74, 6) is 1.67. The maximum atomic E-state index is 6.18. The van der Waals surface area contributed by atoms with Gasteiger partial charge >= 0.3 is 0 Å². The van der Waals surface area contributed by atoms with Gasteiger partial charge in [0, 0.05) is 24.7 Å². The number of rotatable bonds is 2. The van der Waals surface area contributed by atoms with Gasteiger partial charge in [-0.25, -0.2) is 0 Å². The van der Waals surface area contributed by atoms with E-state index in [2.05, 4.69) is 25.7 Å². The third kappa shape index (κ3) is 2.85. The third-order valence-electron chi connectivity index (χ3n) is 5.54. The number of piperidine rings is 1. The van der Waals surface area contributed by atoms with Gasteiger partial charge in [-0.3, -0.25) is 4.90 Å². The van der Waals surface area contributed by atoms with Crippen LogP contribution in [0.25, 0.3) is 0 Å². The molecule has 3 unspecified atom stereocenters. The minimum absolute atomic E-state index is 0.424. The largest absolute Gasteiger partial charge is 0.327 e. The van der Waals surface area contributed by atoms with Gasteiger partial charge in [-0.15, -0.1) is 0 Å². The van der Waals surface area contributed by atoms with Gasteiger partial charge in [-0.2, -0.15) is 0 Å². The molecule has 17 heavy (non-hydrogen) atoms. The Morgan fingerprint density at radius 3 is 2.29 bits per heavy atom. The summed E-state index contributed by atoms with van der Waals surface area (Å²) in [4.78, 5) is 2.76. The maximum absolute atomic E-state index is 6.18. The zero-order chi connectivity index (χ0) is 12.4. The molecular formula is C15H30N2. The van der Waals surface area contributed by atoms with Crippen molar-refractivity contribution < 1.29 is 0 Å². The summed E-state index contributed by atoms with van der Waals surface area (Å²) in [5.41, 5.74) is 6.18. The van der Waals surface area contributed by atoms with Gasteiger partial charge in [0.2, 0.25) is 0 Å². The van der Waals surface area contributed by atoms with Crippen molar-refractivity contribution in [1.29, 1.82) is 0 Å². The quantitative estimate of drug-likeness (QED) is 0.801. The van der Waals surface area contributed by atoms with Crippen LogP contribution in [0.1, 0.15) is 59.3 Å². The van der Waals surface area contributed by atoms with Gasteiger partial charge in [-0.05, 0) is 50.9 Å². The van der Waals surface area contributed by atoms with Crippen molar-refractivity contribution in [1.82, 2.24) is 4.90 Å². The molecule has 0 spiro atoms. The Kier molecular flexibility index (Phi) is 4.48. The van der Waals surface area contributed by atoms with E-state index < -0.39 is 0 Å². The lowest BCUT2D eigenvalue weighted by molar-refractivity contribution is 0.0330. The van der Waals surface area contributed by atoms with Gasteiger partial charge in [0.05, 0.1) is 0 Å². The molecule has 1 aliphatic heterocycles. The van der Waals surface area contributed by atoms with Crippen LogP contribution in [0, 0.1) is 11.8 Å². The molecule has 1 heterocycles. The molecule has 0 bridgehead atoms. The van der Waals surface area contributed by atoms with Crippen molar-refractivity contribution in [2.24, 2.45) is 17.6 Å². The van der Waals surface area contributed by atoms with Crippen molar-refractivity contribution in [3.05, 3.63) is 0 Å². The van der Waals surface area contributed by atoms with Crippen LogP contribution in [-0.2, 0) is 0 Å². The van der Waals surface area contributed by atoms with E-state index in [9.17, 15) is 0 Å². The highest BCUT2D eigenvalue weighted by molar-refractivity contribution is 4.91. The molecule has 100 valence electrons. The van der Waals surface area contributed by atoms with Crippen LogP contribution >= 0.6 is 0 Å². The zero-order valence-corrected chi connectivity index (χ0v) is 11.9. The molecule has 1 aliphatic carbocycles. The minimum atomic E-state index is 0.424. The summed E-state index contributed by atoms with van der Waals surface area (Å²) < 4.78 is 0. The predicted octanol–water partition coefficient (Wildman–Crippen LogP) is 3.01. The van der Waals surface area contributed by atoms with Gasteiger partial charge in [0.1, 0.15) is 0 Å². The second-order valence-corrected chi connectivity index (χ2v) is 6.37. The zero-order valence-electron chi connectivity index (χ0n) is 11.9. The van der Waals surface area contributed by atoms with E-state index in [1.165, 1.54) is 45.1 Å². The number of likely N-dealkylation sites (tertiary alicyclic amines) is 1. The van der Waals surface area contributed by atoms with Crippen molar-refractivity contribution in [2.45, 2.75) is 77.4 Å². The van der Waals surface area contributed by atoms with Gasteiger partial charge in [0.25, 0.3) is 0 Å². The topological polar surface area (TPSA) is 29.3 Å². The first-order valence-electron chi connectivity index (χ1n) is 7.64. The Balaban J connectivity index is 1.90. The second kappa shape index (κ2) is 5.71. The minimum Gasteiger partial charge on any atom is -0.327 e. The molecule has 0 aromatic rings. The molecule has 0 amide bonds. The smallest absolute Gasteiger partial charge is 0.0110 e. The summed E-state index contributed by atoms with van der Waals surface area (Å²) in [6.07, 6.45) is 8.31. The number of hydrogen-bond donors (Lipinski definition) is 1. The monoisotopic (exact) mass is 238 g/mol. The molecule has 3 atom stereocenters. The molecule has 2 fully saturated rings. The number of nitrogens with two attached hydrogens (primary N) is 1. The van der Waals surface area contributed by atoms with E-state index in [0.29, 0.717) is 18.0 Å². The number of nitrogens with zero attached hydrogens (tertiary/aromatic N) is 1. The fourth-order valence-corrected chi connectivity index (χ4v) is 3.82. The lowest BCUT2D eigenvalue weighted by Gasteiger charge is -2.47. The van der Waals surface area contributed by atoms with E-state index in [0.717, 1.165) is 12.0 Å². The van der Waals surface area contributed by atoms with E-state index >= 15 is 0 Å². The highest BCUT2D eigenvalue weighted by Gasteiger charge is 2.35. The average Bonchev–Trinajstić information content (AvgIpc) is 2.36. The second-order valence-electron chi connectivity index (χ2n) is 6.37. The molecule has 2 N–H and O–H groups in total. The van der Waals surface area contributed by atoms with Gasteiger partial charge < -0.3 is 5.73 Å². The summed E-state index contributed by atoms with van der Waals surface area (Å²) in [7, 11) is 0. The van der Waals surface area contributed by atoms with E-state index in [1.54, 1.807) is 0 Å². The molecule has 2 aliphatic rings. The molecule has 0 aromatic heterocycles. The van der Waals surface area contributed by atoms with Crippen LogP contribution < -0.4 is 5.73 Å². The number of hydrogen-bond acceptors (Lipinski definition) is 2. The fourth-order valence-electron chi connectivity index (χ4n) is 3.82. The Morgan fingerprint density at radius 2 is 1.71 bits per heavy atom. The average molecular weight is 238 g/mol. The Bertz CT molecular complexity index is 233. The summed E-state index contributed by atoms with van der Waals surface area (Å²) in [5, 5.41) is 0. The van der Waals surface area contributed by atoms with Crippen molar-refractivity contribution in [3.8, 4) is 0 Å². The van der Waals surface area contributed by atoms with Gasteiger partial charge in [0.15, 0.2) is 0 Å². The third-order valence-corrected chi connectivity index (χ3v) is 5.54. The Hall–Kier alpha value is -0.0800. The highest BCUT2D eigenvalue weighted by Crippen LogP contribution is 2.33. The van der Waals surface area contributed by atoms with Crippen molar-refractivity contribution in [3.63, 3.8) is 0 Å². The lowest BCUT2D eigenvalue weighted by atomic mass is 9.80. The normalized spacial score (nSPS) is 44.8. The lowest BCUT2D eigenvalue weighted by Crippen LogP contribution is -2.55. The van der Waals surface area contributed by atoms with Crippen molar-refractivity contribution >= 4 is 0 Å². The van der Waals surface area contributed by atoms with Crippen LogP contribution in [0.5, 0.6) is 0 Å². The molecule has 0 aromatic carbocycles. The standard InChI is InChI=1S/C15H30N2/c1-4-13-5-7-14(8-6-13)17-10-9-15(16)11(2)12(17)3/h11-15H,4-10,16H2,1-3H3. The molecule has 2 rings (SSSR count).